The molecule has 0 saturated heterocycles. The first-order valence-corrected chi connectivity index (χ1v) is 12.3. The van der Waals surface area contributed by atoms with Crippen LogP contribution in [0, 0.1) is 0 Å². The maximum absolute atomic E-state index is 3.54. The smallest absolute Gasteiger partial charge is 0.0384 e. The predicted molar refractivity (Wildman–Crippen MR) is 130 cm³/mol. The van der Waals surface area contributed by atoms with Gasteiger partial charge in [-0.2, -0.15) is 0 Å². The van der Waals surface area contributed by atoms with Crippen molar-refractivity contribution < 1.29 is 0 Å². The highest BCUT2D eigenvalue weighted by atomic mass is 14.9. The fourth-order valence-electron chi connectivity index (χ4n) is 3.90. The van der Waals surface area contributed by atoms with Crippen molar-refractivity contribution in [3.8, 4) is 0 Å². The van der Waals surface area contributed by atoms with Crippen molar-refractivity contribution in [3.05, 3.63) is 59.7 Å². The molecule has 2 aromatic rings. The molecule has 0 saturated carbocycles. The second-order valence-electron chi connectivity index (χ2n) is 8.55. The number of aryl methyl sites for hydroxylation is 2. The maximum Gasteiger partial charge on any atom is 0.0384 e. The summed E-state index contributed by atoms with van der Waals surface area (Å²) >= 11 is 0. The standard InChI is InChI=1S/C28H43N/c1-3-5-7-9-11-13-15-25-17-21-27(22-18-25)29-28-23-19-26(20-24-28)16-14-12-10-8-6-4-2/h17-24,29H,3-16H2,1-2H3. The first-order chi connectivity index (χ1) is 14.3. The number of hydrogen-bond donors (Lipinski definition) is 1. The highest BCUT2D eigenvalue weighted by molar-refractivity contribution is 5.60. The van der Waals surface area contributed by atoms with E-state index < -0.39 is 0 Å². The molecule has 0 unspecified atom stereocenters. The minimum absolute atomic E-state index is 1.18. The van der Waals surface area contributed by atoms with E-state index in [1.54, 1.807) is 0 Å². The third-order valence-electron chi connectivity index (χ3n) is 5.83. The van der Waals surface area contributed by atoms with Gasteiger partial charge in [-0.1, -0.05) is 102 Å². The number of hydrogen-bond acceptors (Lipinski definition) is 1. The van der Waals surface area contributed by atoms with Crippen molar-refractivity contribution in [3.63, 3.8) is 0 Å². The molecule has 1 heteroatoms. The molecule has 29 heavy (non-hydrogen) atoms. The zero-order valence-electron chi connectivity index (χ0n) is 19.0. The Labute approximate surface area is 180 Å². The summed E-state index contributed by atoms with van der Waals surface area (Å²) in [5.41, 5.74) is 5.28. The lowest BCUT2D eigenvalue weighted by Gasteiger charge is -2.09. The molecular weight excluding hydrogens is 350 g/mol. The van der Waals surface area contributed by atoms with E-state index >= 15 is 0 Å². The lowest BCUT2D eigenvalue weighted by molar-refractivity contribution is 0.607. The van der Waals surface area contributed by atoms with Crippen LogP contribution in [-0.4, -0.2) is 0 Å². The fourth-order valence-corrected chi connectivity index (χ4v) is 3.90. The summed E-state index contributed by atoms with van der Waals surface area (Å²) in [5.74, 6) is 0. The molecule has 0 atom stereocenters. The van der Waals surface area contributed by atoms with Crippen molar-refractivity contribution in [1.82, 2.24) is 0 Å². The van der Waals surface area contributed by atoms with Gasteiger partial charge in [-0.15, -0.1) is 0 Å². The van der Waals surface area contributed by atoms with Crippen molar-refractivity contribution in [2.45, 2.75) is 104 Å². The van der Waals surface area contributed by atoms with Gasteiger partial charge in [0.15, 0.2) is 0 Å². The predicted octanol–water partition coefficient (Wildman–Crippen LogP) is 9.24. The van der Waals surface area contributed by atoms with Gasteiger partial charge in [-0.3, -0.25) is 0 Å². The maximum atomic E-state index is 3.54. The molecular formula is C28H43N. The SMILES string of the molecule is CCCCCCCCc1ccc(Nc2ccc(CCCCCCCC)cc2)cc1. The van der Waals surface area contributed by atoms with Crippen LogP contribution in [0.15, 0.2) is 48.5 Å². The zero-order valence-corrected chi connectivity index (χ0v) is 19.0. The molecule has 0 aromatic heterocycles. The molecule has 1 N–H and O–H groups in total. The molecule has 0 bridgehead atoms. The Hall–Kier alpha value is -1.76. The van der Waals surface area contributed by atoms with E-state index in [0.717, 1.165) is 0 Å². The van der Waals surface area contributed by atoms with Crippen LogP contribution in [0.4, 0.5) is 11.4 Å². The lowest BCUT2D eigenvalue weighted by atomic mass is 10.0. The Bertz CT molecular complexity index is 569. The highest BCUT2D eigenvalue weighted by Crippen LogP contribution is 2.20. The molecule has 0 amide bonds. The average molecular weight is 394 g/mol. The van der Waals surface area contributed by atoms with Crippen LogP contribution in [0.25, 0.3) is 0 Å². The van der Waals surface area contributed by atoms with Crippen LogP contribution in [0.1, 0.15) is 102 Å². The molecule has 160 valence electrons. The number of benzene rings is 2. The Morgan fingerprint density at radius 2 is 0.793 bits per heavy atom. The summed E-state index contributed by atoms with van der Waals surface area (Å²) in [4.78, 5) is 0. The van der Waals surface area contributed by atoms with E-state index in [4.69, 9.17) is 0 Å². The van der Waals surface area contributed by atoms with E-state index in [2.05, 4.69) is 67.7 Å². The Morgan fingerprint density at radius 3 is 1.17 bits per heavy atom. The van der Waals surface area contributed by atoms with E-state index in [0.29, 0.717) is 0 Å². The monoisotopic (exact) mass is 393 g/mol. The number of nitrogens with one attached hydrogen (secondary N) is 1. The zero-order chi connectivity index (χ0) is 20.6. The number of anilines is 2. The minimum atomic E-state index is 1.18. The summed E-state index contributed by atoms with van der Waals surface area (Å²) in [7, 11) is 0. The average Bonchev–Trinajstić information content (AvgIpc) is 2.75. The van der Waals surface area contributed by atoms with Crippen molar-refractivity contribution in [1.29, 1.82) is 0 Å². The summed E-state index contributed by atoms with van der Waals surface area (Å²) in [5, 5.41) is 3.54. The lowest BCUT2D eigenvalue weighted by Crippen LogP contribution is -1.93. The van der Waals surface area contributed by atoms with E-state index in [9.17, 15) is 0 Å². The molecule has 0 aliphatic carbocycles. The van der Waals surface area contributed by atoms with Gasteiger partial charge >= 0.3 is 0 Å². The molecule has 1 nitrogen and oxygen atoms in total. The van der Waals surface area contributed by atoms with Crippen molar-refractivity contribution >= 4 is 11.4 Å². The molecule has 0 spiro atoms. The van der Waals surface area contributed by atoms with Gasteiger partial charge in [0.05, 0.1) is 0 Å². The van der Waals surface area contributed by atoms with Crippen LogP contribution in [-0.2, 0) is 12.8 Å². The van der Waals surface area contributed by atoms with Gasteiger partial charge < -0.3 is 5.32 Å². The molecule has 0 radical (unpaired) electrons. The molecule has 0 fully saturated rings. The molecule has 2 aromatic carbocycles. The highest BCUT2D eigenvalue weighted by Gasteiger charge is 1.99. The molecule has 0 heterocycles. The van der Waals surface area contributed by atoms with E-state index in [-0.39, 0.29) is 0 Å². The summed E-state index contributed by atoms with van der Waals surface area (Å²) in [6, 6.07) is 18.0. The van der Waals surface area contributed by atoms with Gasteiger partial charge in [0.1, 0.15) is 0 Å². The van der Waals surface area contributed by atoms with E-state index in [1.807, 2.05) is 0 Å². The quantitative estimate of drug-likeness (QED) is 0.280. The normalized spacial score (nSPS) is 11.0. The van der Waals surface area contributed by atoms with Gasteiger partial charge in [0.25, 0.3) is 0 Å². The van der Waals surface area contributed by atoms with Crippen LogP contribution in [0.2, 0.25) is 0 Å². The second kappa shape index (κ2) is 15.1. The van der Waals surface area contributed by atoms with Gasteiger partial charge in [-0.05, 0) is 61.1 Å². The summed E-state index contributed by atoms with van der Waals surface area (Å²) < 4.78 is 0. The topological polar surface area (TPSA) is 12.0 Å². The molecule has 0 aliphatic heterocycles. The molecule has 2 rings (SSSR count). The second-order valence-corrected chi connectivity index (χ2v) is 8.55. The first-order valence-electron chi connectivity index (χ1n) is 12.3. The third-order valence-corrected chi connectivity index (χ3v) is 5.83. The van der Waals surface area contributed by atoms with Crippen molar-refractivity contribution in [2.75, 3.05) is 5.32 Å². The first kappa shape index (κ1) is 23.5. The van der Waals surface area contributed by atoms with E-state index in [1.165, 1.54) is 112 Å². The Kier molecular flexibility index (Phi) is 12.3. The number of unbranched alkanes of at least 4 members (excludes halogenated alkanes) is 10. The third kappa shape index (κ3) is 10.5. The molecule has 0 aliphatic rings. The Morgan fingerprint density at radius 1 is 0.448 bits per heavy atom. The van der Waals surface area contributed by atoms with Crippen LogP contribution >= 0.6 is 0 Å². The van der Waals surface area contributed by atoms with Gasteiger partial charge in [0, 0.05) is 11.4 Å². The minimum Gasteiger partial charge on any atom is -0.356 e. The van der Waals surface area contributed by atoms with Crippen LogP contribution in [0.3, 0.4) is 0 Å². The van der Waals surface area contributed by atoms with Crippen molar-refractivity contribution in [2.24, 2.45) is 0 Å². The fraction of sp³-hybridized carbons (Fsp3) is 0.571. The summed E-state index contributed by atoms with van der Waals surface area (Å²) in [6.07, 6.45) is 18.8. The summed E-state index contributed by atoms with van der Waals surface area (Å²) in [6.45, 7) is 4.56. The largest absolute Gasteiger partial charge is 0.356 e. The Balaban J connectivity index is 1.66. The van der Waals surface area contributed by atoms with Crippen LogP contribution in [0.5, 0.6) is 0 Å². The van der Waals surface area contributed by atoms with Gasteiger partial charge in [-0.25, -0.2) is 0 Å². The van der Waals surface area contributed by atoms with Gasteiger partial charge in [0.2, 0.25) is 0 Å². The number of rotatable bonds is 16. The van der Waals surface area contributed by atoms with Crippen LogP contribution < -0.4 is 5.32 Å².